The molecule has 1 unspecified atom stereocenters. The standard InChI is InChI=1S/C29H25Cl2F3N3O2/c1-16(2)36-22-15-37(23-12-11-19(30)13-18(23)4,24-14-20(31)10-9-17(24)3)28(38)26(22)35-27(36)21-7-5-6-8-25(21)39-29(32,33)34/h5-14,16H,15H2,1-4H3/q+1. The number of rotatable bonds is 5. The number of ether oxygens (including phenoxy) is 1. The van der Waals surface area contributed by atoms with Crippen LogP contribution in [0, 0.1) is 13.8 Å². The molecule has 10 heteroatoms. The van der Waals surface area contributed by atoms with Gasteiger partial charge in [-0.25, -0.2) is 9.78 Å². The Kier molecular flexibility index (Phi) is 6.77. The molecule has 5 rings (SSSR count). The highest BCUT2D eigenvalue weighted by molar-refractivity contribution is 6.31. The number of carbonyl (C=O) groups is 1. The summed E-state index contributed by atoms with van der Waals surface area (Å²) in [7, 11) is 0. The first-order valence-corrected chi connectivity index (χ1v) is 13.0. The quantitative estimate of drug-likeness (QED) is 0.223. The van der Waals surface area contributed by atoms with Gasteiger partial charge in [0.2, 0.25) is 0 Å². The highest BCUT2D eigenvalue weighted by Gasteiger charge is 2.54. The Balaban J connectivity index is 1.77. The van der Waals surface area contributed by atoms with E-state index in [0.717, 1.165) is 11.1 Å². The van der Waals surface area contributed by atoms with Crippen molar-refractivity contribution in [2.75, 3.05) is 0 Å². The van der Waals surface area contributed by atoms with Crippen molar-refractivity contribution in [1.82, 2.24) is 14.0 Å². The number of imidazole rings is 1. The van der Waals surface area contributed by atoms with Crippen molar-refractivity contribution in [3.63, 3.8) is 0 Å². The molecule has 3 aromatic carbocycles. The summed E-state index contributed by atoms with van der Waals surface area (Å²) >= 11 is 12.7. The number of nitrogens with zero attached hydrogens (tertiary/aromatic N) is 3. The minimum absolute atomic E-state index is 0.144. The number of hydrogen-bond donors (Lipinski definition) is 0. The molecule has 1 aromatic heterocycles. The monoisotopic (exact) mass is 574 g/mol. The average Bonchev–Trinajstić information content (AvgIpc) is 3.34. The first-order chi connectivity index (χ1) is 18.3. The molecule has 4 aromatic rings. The van der Waals surface area contributed by atoms with Crippen molar-refractivity contribution in [2.45, 2.75) is 46.6 Å². The maximum absolute atomic E-state index is 14.6. The number of quaternary nitrogens is 1. The molecule has 1 atom stereocenters. The SMILES string of the molecule is Cc1cc(Cl)ccc1[N+]1(c2cc(Cl)ccc2C)Cc2c(nc(-c3ccccc3OC(F)(F)F)n2C(C)C)C1=O. The van der Waals surface area contributed by atoms with E-state index in [1.807, 2.05) is 44.4 Å². The van der Waals surface area contributed by atoms with Gasteiger partial charge >= 0.3 is 12.3 Å². The topological polar surface area (TPSA) is 44.1 Å². The number of benzene rings is 3. The van der Waals surface area contributed by atoms with E-state index in [1.54, 1.807) is 30.3 Å². The normalized spacial score (nSPS) is 17.1. The van der Waals surface area contributed by atoms with Gasteiger partial charge in [-0.3, -0.25) is 0 Å². The van der Waals surface area contributed by atoms with Crippen molar-refractivity contribution in [1.29, 1.82) is 0 Å². The predicted octanol–water partition coefficient (Wildman–Crippen LogP) is 8.95. The van der Waals surface area contributed by atoms with Crippen LogP contribution in [0.2, 0.25) is 10.0 Å². The third-order valence-corrected chi connectivity index (χ3v) is 7.44. The van der Waals surface area contributed by atoms with E-state index in [2.05, 4.69) is 4.74 Å². The lowest BCUT2D eigenvalue weighted by molar-refractivity contribution is -0.274. The van der Waals surface area contributed by atoms with Crippen LogP contribution in [0.25, 0.3) is 11.4 Å². The average molecular weight is 575 g/mol. The second-order valence-electron chi connectivity index (χ2n) is 9.87. The predicted molar refractivity (Wildman–Crippen MR) is 147 cm³/mol. The smallest absolute Gasteiger partial charge is 0.405 e. The third kappa shape index (κ3) is 4.60. The van der Waals surface area contributed by atoms with E-state index in [9.17, 15) is 18.0 Å². The molecule has 202 valence electrons. The van der Waals surface area contributed by atoms with Gasteiger partial charge in [0.05, 0.1) is 5.56 Å². The van der Waals surface area contributed by atoms with Crippen LogP contribution in [0.5, 0.6) is 5.75 Å². The minimum atomic E-state index is -4.88. The van der Waals surface area contributed by atoms with Crippen LogP contribution in [0.3, 0.4) is 0 Å². The number of para-hydroxylation sites is 1. The Morgan fingerprint density at radius 1 is 0.949 bits per heavy atom. The third-order valence-electron chi connectivity index (χ3n) is 6.97. The molecule has 0 fully saturated rings. The molecular formula is C29H25Cl2F3N3O2+. The summed E-state index contributed by atoms with van der Waals surface area (Å²) in [6, 6.07) is 16.4. The Morgan fingerprint density at radius 2 is 1.62 bits per heavy atom. The molecular weight excluding hydrogens is 550 g/mol. The van der Waals surface area contributed by atoms with E-state index in [4.69, 9.17) is 28.2 Å². The van der Waals surface area contributed by atoms with Gasteiger partial charge in [0, 0.05) is 39.3 Å². The van der Waals surface area contributed by atoms with E-state index < -0.39 is 6.36 Å². The number of fused-ring (bicyclic) bond motifs is 1. The fourth-order valence-electron chi connectivity index (χ4n) is 5.44. The number of aryl methyl sites for hydroxylation is 2. The molecule has 0 saturated heterocycles. The fraction of sp³-hybridized carbons (Fsp3) is 0.241. The minimum Gasteiger partial charge on any atom is -0.405 e. The molecule has 1 amide bonds. The highest BCUT2D eigenvalue weighted by Crippen LogP contribution is 2.49. The van der Waals surface area contributed by atoms with Crippen molar-refractivity contribution in [3.05, 3.63) is 93.2 Å². The fourth-order valence-corrected chi connectivity index (χ4v) is 5.83. The van der Waals surface area contributed by atoms with Gasteiger partial charge in [0.15, 0.2) is 11.4 Å². The zero-order valence-electron chi connectivity index (χ0n) is 21.6. The molecule has 1 aliphatic heterocycles. The number of aromatic nitrogens is 2. The summed E-state index contributed by atoms with van der Waals surface area (Å²) in [5, 5.41) is 1.01. The largest absolute Gasteiger partial charge is 0.573 e. The maximum Gasteiger partial charge on any atom is 0.573 e. The summed E-state index contributed by atoms with van der Waals surface area (Å²) < 4.78 is 45.5. The first kappa shape index (κ1) is 27.2. The molecule has 2 heterocycles. The maximum atomic E-state index is 14.6. The number of carbonyl (C=O) groups excluding carboxylic acids is 1. The van der Waals surface area contributed by atoms with E-state index >= 15 is 0 Å². The number of hydrogen-bond acceptors (Lipinski definition) is 3. The summed E-state index contributed by atoms with van der Waals surface area (Å²) in [6.07, 6.45) is -4.88. The summed E-state index contributed by atoms with van der Waals surface area (Å²) in [4.78, 5) is 19.3. The second kappa shape index (κ2) is 9.70. The van der Waals surface area contributed by atoms with Crippen molar-refractivity contribution in [3.8, 4) is 17.1 Å². The van der Waals surface area contributed by atoms with Gasteiger partial charge in [-0.1, -0.05) is 41.4 Å². The van der Waals surface area contributed by atoms with E-state index in [-0.39, 0.29) is 45.8 Å². The van der Waals surface area contributed by atoms with Crippen LogP contribution in [0.15, 0.2) is 60.7 Å². The molecule has 5 nitrogen and oxygen atoms in total. The Bertz CT molecular complexity index is 1610. The number of amides is 1. The van der Waals surface area contributed by atoms with Crippen LogP contribution in [0.1, 0.15) is 47.2 Å². The van der Waals surface area contributed by atoms with Crippen LogP contribution < -0.4 is 9.22 Å². The molecule has 0 saturated carbocycles. The van der Waals surface area contributed by atoms with Crippen LogP contribution in [-0.2, 0) is 6.54 Å². The van der Waals surface area contributed by atoms with E-state index in [1.165, 1.54) is 18.2 Å². The molecule has 0 spiro atoms. The number of halogens is 5. The molecule has 39 heavy (non-hydrogen) atoms. The van der Waals surface area contributed by atoms with Crippen LogP contribution in [-0.4, -0.2) is 21.8 Å². The first-order valence-electron chi connectivity index (χ1n) is 12.3. The van der Waals surface area contributed by atoms with Gasteiger partial charge in [-0.15, -0.1) is 13.2 Å². The molecule has 0 bridgehead atoms. The van der Waals surface area contributed by atoms with Gasteiger partial charge < -0.3 is 9.30 Å². The van der Waals surface area contributed by atoms with E-state index in [0.29, 0.717) is 27.1 Å². The molecule has 0 N–H and O–H groups in total. The zero-order valence-corrected chi connectivity index (χ0v) is 23.1. The van der Waals surface area contributed by atoms with Crippen molar-refractivity contribution in [2.24, 2.45) is 0 Å². The lowest BCUT2D eigenvalue weighted by Gasteiger charge is -2.33. The zero-order chi connectivity index (χ0) is 28.3. The van der Waals surface area contributed by atoms with Crippen LogP contribution in [0.4, 0.5) is 24.5 Å². The number of alkyl halides is 3. The van der Waals surface area contributed by atoms with Crippen molar-refractivity contribution < 1.29 is 22.7 Å². The second-order valence-corrected chi connectivity index (χ2v) is 10.7. The lowest BCUT2D eigenvalue weighted by atomic mass is 10.1. The van der Waals surface area contributed by atoms with Gasteiger partial charge in [-0.05, 0) is 58.0 Å². The van der Waals surface area contributed by atoms with Gasteiger partial charge in [0.1, 0.15) is 29.5 Å². The molecule has 1 aliphatic rings. The molecule has 0 aliphatic carbocycles. The summed E-state index contributed by atoms with van der Waals surface area (Å²) in [5.41, 5.74) is 4.01. The van der Waals surface area contributed by atoms with Crippen LogP contribution >= 0.6 is 23.2 Å². The highest BCUT2D eigenvalue weighted by atomic mass is 35.5. The summed E-state index contributed by atoms with van der Waals surface area (Å²) in [5.74, 6) is -0.463. The Morgan fingerprint density at radius 3 is 2.28 bits per heavy atom. The van der Waals surface area contributed by atoms with Gasteiger partial charge in [-0.2, -0.15) is 4.48 Å². The molecule has 0 radical (unpaired) electrons. The summed E-state index contributed by atoms with van der Waals surface area (Å²) in [6.45, 7) is 7.78. The van der Waals surface area contributed by atoms with Crippen molar-refractivity contribution >= 4 is 40.5 Å². The van der Waals surface area contributed by atoms with Gasteiger partial charge in [0.25, 0.3) is 0 Å². The Hall–Kier alpha value is -3.33. The lowest BCUT2D eigenvalue weighted by Crippen LogP contribution is -2.46. The Labute approximate surface area is 234 Å².